The Hall–Kier alpha value is -1.36. The van der Waals surface area contributed by atoms with E-state index in [1.165, 1.54) is 11.1 Å². The first kappa shape index (κ1) is 14.6. The van der Waals surface area contributed by atoms with Crippen LogP contribution in [0.5, 0.6) is 5.75 Å². The van der Waals surface area contributed by atoms with Gasteiger partial charge in [-0.05, 0) is 23.8 Å². The minimum atomic E-state index is 0.216. The van der Waals surface area contributed by atoms with E-state index in [2.05, 4.69) is 57.2 Å². The molecule has 1 heterocycles. The Bertz CT molecular complexity index is 600. The zero-order valence-corrected chi connectivity index (χ0v) is 13.4. The second-order valence-electron chi connectivity index (χ2n) is 5.23. The van der Waals surface area contributed by atoms with Crippen LogP contribution in [0.3, 0.4) is 0 Å². The van der Waals surface area contributed by atoms with Gasteiger partial charge in [-0.3, -0.25) is 4.90 Å². The van der Waals surface area contributed by atoms with Crippen LogP contribution in [0.2, 0.25) is 0 Å². The smallest absolute Gasteiger partial charge is 0.123 e. The minimum Gasteiger partial charge on any atom is -0.492 e. The number of nitrogens with zero attached hydrogens (tertiary/aromatic N) is 1. The van der Waals surface area contributed by atoms with Crippen molar-refractivity contribution in [3.05, 3.63) is 64.1 Å². The molecule has 0 amide bonds. The summed E-state index contributed by atoms with van der Waals surface area (Å²) in [4.78, 5) is 2.40. The van der Waals surface area contributed by atoms with Gasteiger partial charge >= 0.3 is 0 Å². The molecule has 2 aromatic carbocycles. The van der Waals surface area contributed by atoms with Crippen LogP contribution in [0.15, 0.2) is 53.0 Å². The lowest BCUT2D eigenvalue weighted by molar-refractivity contribution is 0.173. The maximum absolute atomic E-state index is 6.05. The second-order valence-corrected chi connectivity index (χ2v) is 6.15. The van der Waals surface area contributed by atoms with Crippen molar-refractivity contribution in [3.63, 3.8) is 0 Å². The van der Waals surface area contributed by atoms with Crippen molar-refractivity contribution in [3.8, 4) is 5.75 Å². The molecule has 0 saturated carbocycles. The summed E-state index contributed by atoms with van der Waals surface area (Å²) < 4.78 is 6.93. The van der Waals surface area contributed by atoms with Crippen molar-refractivity contribution < 1.29 is 4.74 Å². The molecule has 3 rings (SSSR count). The molecule has 110 valence electrons. The summed E-state index contributed by atoms with van der Waals surface area (Å²) in [5.41, 5.74) is 8.53. The van der Waals surface area contributed by atoms with Crippen LogP contribution in [0.1, 0.15) is 17.2 Å². The number of para-hydroxylation sites is 1. The maximum atomic E-state index is 6.05. The zero-order chi connectivity index (χ0) is 14.7. The first-order chi connectivity index (χ1) is 10.3. The Morgan fingerprint density at radius 2 is 1.90 bits per heavy atom. The summed E-state index contributed by atoms with van der Waals surface area (Å²) in [6.45, 7) is 3.05. The van der Waals surface area contributed by atoms with Gasteiger partial charge in [-0.25, -0.2) is 0 Å². The van der Waals surface area contributed by atoms with E-state index < -0.39 is 0 Å². The third-order valence-corrected chi connectivity index (χ3v) is 4.43. The fourth-order valence-electron chi connectivity index (χ4n) is 2.79. The molecule has 1 aliphatic heterocycles. The van der Waals surface area contributed by atoms with Crippen molar-refractivity contribution in [2.45, 2.75) is 12.6 Å². The van der Waals surface area contributed by atoms with Crippen LogP contribution in [-0.2, 0) is 6.54 Å². The van der Waals surface area contributed by atoms with E-state index in [1.807, 2.05) is 12.1 Å². The predicted octanol–water partition coefficient (Wildman–Crippen LogP) is 3.34. The molecular formula is C17H19BrN2O. The fraction of sp³-hybridized carbons (Fsp3) is 0.294. The number of rotatable bonds is 3. The largest absolute Gasteiger partial charge is 0.492 e. The van der Waals surface area contributed by atoms with Gasteiger partial charge in [0.1, 0.15) is 12.4 Å². The molecule has 2 N–H and O–H groups in total. The standard InChI is InChI=1S/C17H19BrN2O/c18-15-7-5-13(6-8-15)16(11-19)20-9-10-21-17-4-2-1-3-14(17)12-20/h1-8,16H,9-12,19H2. The van der Waals surface area contributed by atoms with Gasteiger partial charge in [0.2, 0.25) is 0 Å². The van der Waals surface area contributed by atoms with E-state index in [-0.39, 0.29) is 6.04 Å². The Morgan fingerprint density at radius 1 is 1.14 bits per heavy atom. The molecule has 1 unspecified atom stereocenters. The Labute approximate surface area is 133 Å². The van der Waals surface area contributed by atoms with Crippen LogP contribution < -0.4 is 10.5 Å². The number of hydrogen-bond donors (Lipinski definition) is 1. The zero-order valence-electron chi connectivity index (χ0n) is 11.8. The summed E-state index contributed by atoms with van der Waals surface area (Å²) in [7, 11) is 0. The van der Waals surface area contributed by atoms with Gasteiger partial charge in [0.25, 0.3) is 0 Å². The van der Waals surface area contributed by atoms with Gasteiger partial charge in [0.15, 0.2) is 0 Å². The summed E-state index contributed by atoms with van der Waals surface area (Å²) in [5.74, 6) is 0.992. The number of ether oxygens (including phenoxy) is 1. The van der Waals surface area contributed by atoms with E-state index in [9.17, 15) is 0 Å². The van der Waals surface area contributed by atoms with Gasteiger partial charge < -0.3 is 10.5 Å². The number of hydrogen-bond acceptors (Lipinski definition) is 3. The molecular weight excluding hydrogens is 328 g/mol. The summed E-state index contributed by atoms with van der Waals surface area (Å²) in [5, 5.41) is 0. The van der Waals surface area contributed by atoms with Gasteiger partial charge in [0.05, 0.1) is 0 Å². The second kappa shape index (κ2) is 6.60. The number of benzene rings is 2. The van der Waals surface area contributed by atoms with Crippen molar-refractivity contribution >= 4 is 15.9 Å². The van der Waals surface area contributed by atoms with Crippen LogP contribution in [-0.4, -0.2) is 24.6 Å². The Morgan fingerprint density at radius 3 is 2.67 bits per heavy atom. The van der Waals surface area contributed by atoms with Crippen molar-refractivity contribution in [1.82, 2.24) is 4.90 Å². The lowest BCUT2D eigenvalue weighted by Gasteiger charge is -2.29. The third kappa shape index (κ3) is 3.28. The molecule has 0 fully saturated rings. The molecule has 1 aliphatic rings. The van der Waals surface area contributed by atoms with E-state index in [0.29, 0.717) is 13.2 Å². The van der Waals surface area contributed by atoms with Crippen LogP contribution in [0.25, 0.3) is 0 Å². The van der Waals surface area contributed by atoms with E-state index in [1.54, 1.807) is 0 Å². The molecule has 0 saturated heterocycles. The first-order valence-electron chi connectivity index (χ1n) is 7.18. The van der Waals surface area contributed by atoms with Gasteiger partial charge in [0, 0.05) is 35.7 Å². The highest BCUT2D eigenvalue weighted by Gasteiger charge is 2.22. The molecule has 0 spiro atoms. The lowest BCUT2D eigenvalue weighted by atomic mass is 10.0. The summed E-state index contributed by atoms with van der Waals surface area (Å²) >= 11 is 3.48. The topological polar surface area (TPSA) is 38.5 Å². The Balaban J connectivity index is 1.86. The number of nitrogens with two attached hydrogens (primary N) is 1. The number of fused-ring (bicyclic) bond motifs is 1. The monoisotopic (exact) mass is 346 g/mol. The quantitative estimate of drug-likeness (QED) is 0.926. The first-order valence-corrected chi connectivity index (χ1v) is 7.97. The molecule has 3 nitrogen and oxygen atoms in total. The average molecular weight is 347 g/mol. The molecule has 0 bridgehead atoms. The van der Waals surface area contributed by atoms with Crippen LogP contribution in [0.4, 0.5) is 0 Å². The highest BCUT2D eigenvalue weighted by molar-refractivity contribution is 9.10. The van der Waals surface area contributed by atoms with Gasteiger partial charge in [-0.2, -0.15) is 0 Å². The molecule has 0 radical (unpaired) electrons. The SMILES string of the molecule is NCC(c1ccc(Br)cc1)N1CCOc2ccccc2C1. The molecule has 2 aromatic rings. The third-order valence-electron chi connectivity index (χ3n) is 3.90. The van der Waals surface area contributed by atoms with Gasteiger partial charge in [-0.15, -0.1) is 0 Å². The van der Waals surface area contributed by atoms with Crippen molar-refractivity contribution in [2.75, 3.05) is 19.7 Å². The van der Waals surface area contributed by atoms with Crippen molar-refractivity contribution in [1.29, 1.82) is 0 Å². The number of halogens is 1. The molecule has 1 atom stereocenters. The molecule has 21 heavy (non-hydrogen) atoms. The molecule has 4 heteroatoms. The van der Waals surface area contributed by atoms with Gasteiger partial charge in [-0.1, -0.05) is 46.3 Å². The maximum Gasteiger partial charge on any atom is 0.123 e. The Kier molecular flexibility index (Phi) is 4.58. The predicted molar refractivity (Wildman–Crippen MR) is 88.3 cm³/mol. The lowest BCUT2D eigenvalue weighted by Crippen LogP contribution is -2.34. The van der Waals surface area contributed by atoms with E-state index in [0.717, 1.165) is 23.3 Å². The highest BCUT2D eigenvalue weighted by atomic mass is 79.9. The molecule has 0 aromatic heterocycles. The average Bonchev–Trinajstić information content (AvgIpc) is 2.72. The van der Waals surface area contributed by atoms with Crippen LogP contribution in [0, 0.1) is 0 Å². The fourth-order valence-corrected chi connectivity index (χ4v) is 3.06. The normalized spacial score (nSPS) is 16.7. The minimum absolute atomic E-state index is 0.216. The van der Waals surface area contributed by atoms with E-state index in [4.69, 9.17) is 10.5 Å². The van der Waals surface area contributed by atoms with Crippen LogP contribution >= 0.6 is 15.9 Å². The highest BCUT2D eigenvalue weighted by Crippen LogP contribution is 2.28. The summed E-state index contributed by atoms with van der Waals surface area (Å²) in [6.07, 6.45) is 0. The summed E-state index contributed by atoms with van der Waals surface area (Å²) in [6, 6.07) is 16.9. The van der Waals surface area contributed by atoms with E-state index >= 15 is 0 Å². The van der Waals surface area contributed by atoms with Crippen molar-refractivity contribution in [2.24, 2.45) is 5.73 Å². The molecule has 0 aliphatic carbocycles.